The Labute approximate surface area is 150 Å². The normalized spacial score (nSPS) is 21.1. The smallest absolute Gasteiger partial charge is 0.251 e. The number of carbonyl (C=O) groups is 1. The zero-order valence-electron chi connectivity index (χ0n) is 15.1. The zero-order chi connectivity index (χ0) is 18.4. The maximum atomic E-state index is 12.5. The van der Waals surface area contributed by atoms with Gasteiger partial charge in [-0.05, 0) is 18.2 Å². The molecular weight excluding hydrogens is 342 g/mol. The summed E-state index contributed by atoms with van der Waals surface area (Å²) in [5.41, 5.74) is 0.448. The van der Waals surface area contributed by atoms with E-state index in [9.17, 15) is 13.2 Å². The van der Waals surface area contributed by atoms with Crippen molar-refractivity contribution in [1.82, 2.24) is 9.62 Å². The second-order valence-electron chi connectivity index (χ2n) is 6.51. The van der Waals surface area contributed by atoms with Gasteiger partial charge in [0, 0.05) is 38.0 Å². The molecule has 0 unspecified atom stereocenters. The summed E-state index contributed by atoms with van der Waals surface area (Å²) in [5.74, 6) is 0.183. The van der Waals surface area contributed by atoms with E-state index in [1.807, 2.05) is 0 Å². The van der Waals surface area contributed by atoms with Gasteiger partial charge in [-0.1, -0.05) is 6.07 Å². The molecule has 0 aromatic heterocycles. The first-order valence-electron chi connectivity index (χ1n) is 8.53. The van der Waals surface area contributed by atoms with Crippen LogP contribution in [-0.2, 0) is 10.0 Å². The lowest BCUT2D eigenvalue weighted by atomic mass is 10.1. The molecule has 25 heavy (non-hydrogen) atoms. The topological polar surface area (TPSA) is 80.1 Å². The van der Waals surface area contributed by atoms with Crippen LogP contribution in [0.3, 0.4) is 0 Å². The molecule has 1 saturated heterocycles. The molecular formula is C17H28N3O4S+. The second-order valence-corrected chi connectivity index (χ2v) is 8.66. The number of benzene rings is 1. The molecule has 1 fully saturated rings. The molecule has 1 aliphatic heterocycles. The van der Waals surface area contributed by atoms with Gasteiger partial charge in [0.15, 0.2) is 0 Å². The van der Waals surface area contributed by atoms with Gasteiger partial charge in [-0.2, -0.15) is 0 Å². The van der Waals surface area contributed by atoms with E-state index in [0.717, 1.165) is 25.9 Å². The van der Waals surface area contributed by atoms with Crippen LogP contribution in [0.1, 0.15) is 23.2 Å². The number of hydrogen-bond donors (Lipinski definition) is 2. The number of methoxy groups -OCH3 is 1. The lowest BCUT2D eigenvalue weighted by Crippen LogP contribution is -3.10. The van der Waals surface area contributed by atoms with Gasteiger partial charge in [0.1, 0.15) is 5.75 Å². The average Bonchev–Trinajstić information content (AvgIpc) is 2.61. The van der Waals surface area contributed by atoms with Gasteiger partial charge in [-0.15, -0.1) is 0 Å². The summed E-state index contributed by atoms with van der Waals surface area (Å²) in [4.78, 5) is 13.6. The van der Waals surface area contributed by atoms with Crippen LogP contribution < -0.4 is 15.0 Å². The minimum Gasteiger partial charge on any atom is -0.497 e. The fraction of sp³-hybridized carbons (Fsp3) is 0.588. The summed E-state index contributed by atoms with van der Waals surface area (Å²) >= 11 is 0. The molecule has 7 nitrogen and oxygen atoms in total. The first kappa shape index (κ1) is 19.7. The minimum atomic E-state index is -3.38. The van der Waals surface area contributed by atoms with Crippen LogP contribution >= 0.6 is 0 Å². The number of likely N-dealkylation sites (tertiary alicyclic amines) is 1. The predicted molar refractivity (Wildman–Crippen MR) is 96.5 cm³/mol. The van der Waals surface area contributed by atoms with E-state index < -0.39 is 10.0 Å². The number of piperidine rings is 1. The fourth-order valence-electron chi connectivity index (χ4n) is 2.99. The SMILES string of the molecule is COc1cccc(C(=O)NCCS(=O)(=O)N(C)C2CC[NH+](C)CC2)c1. The molecule has 8 heteroatoms. The lowest BCUT2D eigenvalue weighted by molar-refractivity contribution is -0.885. The van der Waals surface area contributed by atoms with Gasteiger partial charge in [0.25, 0.3) is 5.91 Å². The van der Waals surface area contributed by atoms with Crippen LogP contribution in [0, 0.1) is 0 Å². The number of hydrogen-bond acceptors (Lipinski definition) is 4. The molecule has 0 bridgehead atoms. The van der Waals surface area contributed by atoms with Crippen LogP contribution in [0.4, 0.5) is 0 Å². The van der Waals surface area contributed by atoms with Crippen LogP contribution in [0.25, 0.3) is 0 Å². The molecule has 1 amide bonds. The van der Waals surface area contributed by atoms with E-state index in [2.05, 4.69) is 12.4 Å². The summed E-state index contributed by atoms with van der Waals surface area (Å²) in [7, 11) is 1.92. The third kappa shape index (κ3) is 5.42. The Morgan fingerprint density at radius 3 is 2.68 bits per heavy atom. The molecule has 0 radical (unpaired) electrons. The maximum Gasteiger partial charge on any atom is 0.251 e. The molecule has 0 atom stereocenters. The van der Waals surface area contributed by atoms with E-state index in [0.29, 0.717) is 11.3 Å². The Kier molecular flexibility index (Phi) is 6.80. The molecule has 0 spiro atoms. The highest BCUT2D eigenvalue weighted by Crippen LogP contribution is 2.14. The predicted octanol–water partition coefficient (Wildman–Crippen LogP) is -0.636. The Bertz CT molecular complexity index is 685. The third-order valence-corrected chi connectivity index (χ3v) is 6.63. The van der Waals surface area contributed by atoms with Crippen molar-refractivity contribution in [3.63, 3.8) is 0 Å². The highest BCUT2D eigenvalue weighted by atomic mass is 32.2. The monoisotopic (exact) mass is 370 g/mol. The minimum absolute atomic E-state index is 0.0581. The fourth-order valence-corrected chi connectivity index (χ4v) is 4.30. The van der Waals surface area contributed by atoms with Gasteiger partial charge in [0.05, 0.1) is 33.0 Å². The molecule has 2 N–H and O–H groups in total. The summed E-state index contributed by atoms with van der Waals surface area (Å²) in [6.07, 6.45) is 1.75. The summed E-state index contributed by atoms with van der Waals surface area (Å²) < 4.78 is 31.5. The molecule has 140 valence electrons. The van der Waals surface area contributed by atoms with Crippen LogP contribution in [-0.4, -0.2) is 71.3 Å². The van der Waals surface area contributed by atoms with Crippen molar-refractivity contribution in [3.05, 3.63) is 29.8 Å². The van der Waals surface area contributed by atoms with Gasteiger partial charge in [-0.25, -0.2) is 12.7 Å². The largest absolute Gasteiger partial charge is 0.497 e. The van der Waals surface area contributed by atoms with Gasteiger partial charge in [0.2, 0.25) is 10.0 Å². The van der Waals surface area contributed by atoms with Crippen molar-refractivity contribution in [2.24, 2.45) is 0 Å². The summed E-state index contributed by atoms with van der Waals surface area (Å²) in [6.45, 7) is 2.05. The summed E-state index contributed by atoms with van der Waals surface area (Å²) in [5, 5.41) is 2.67. The molecule has 1 aliphatic rings. The number of carbonyl (C=O) groups excluding carboxylic acids is 1. The van der Waals surface area contributed by atoms with Crippen LogP contribution in [0.15, 0.2) is 24.3 Å². The second kappa shape index (κ2) is 8.64. The number of rotatable bonds is 7. The van der Waals surface area contributed by atoms with Crippen molar-refractivity contribution in [1.29, 1.82) is 0 Å². The highest BCUT2D eigenvalue weighted by molar-refractivity contribution is 7.89. The molecule has 1 aromatic carbocycles. The first-order chi connectivity index (χ1) is 11.8. The number of ether oxygens (including phenoxy) is 1. The Morgan fingerprint density at radius 1 is 1.36 bits per heavy atom. The van der Waals surface area contributed by atoms with E-state index in [4.69, 9.17) is 4.74 Å². The van der Waals surface area contributed by atoms with Gasteiger partial charge < -0.3 is 15.0 Å². The standard InChI is InChI=1S/C17H27N3O4S/c1-19-10-7-15(8-11-19)20(2)25(22,23)12-9-18-17(21)14-5-4-6-16(13-14)24-3/h4-6,13,15H,7-12H2,1-3H3,(H,18,21)/p+1. The number of nitrogens with zero attached hydrogens (tertiary/aromatic N) is 1. The van der Waals surface area contributed by atoms with Crippen LogP contribution in [0.2, 0.25) is 0 Å². The third-order valence-electron chi connectivity index (χ3n) is 4.74. The van der Waals surface area contributed by atoms with Crippen molar-refractivity contribution < 1.29 is 22.8 Å². The molecule has 2 rings (SSSR count). The Morgan fingerprint density at radius 2 is 2.04 bits per heavy atom. The van der Waals surface area contributed by atoms with Crippen molar-refractivity contribution in [2.75, 3.05) is 46.6 Å². The molecule has 1 heterocycles. The number of amides is 1. The van der Waals surface area contributed by atoms with E-state index in [-0.39, 0.29) is 24.2 Å². The molecule has 1 aromatic rings. The van der Waals surface area contributed by atoms with E-state index in [1.165, 1.54) is 16.3 Å². The molecule has 0 saturated carbocycles. The maximum absolute atomic E-state index is 12.5. The molecule has 0 aliphatic carbocycles. The number of nitrogens with one attached hydrogen (secondary N) is 2. The lowest BCUT2D eigenvalue weighted by Gasteiger charge is -2.32. The van der Waals surface area contributed by atoms with Crippen molar-refractivity contribution in [3.8, 4) is 5.75 Å². The Hall–Kier alpha value is -1.64. The highest BCUT2D eigenvalue weighted by Gasteiger charge is 2.30. The van der Waals surface area contributed by atoms with Crippen LogP contribution in [0.5, 0.6) is 5.75 Å². The van der Waals surface area contributed by atoms with E-state index >= 15 is 0 Å². The number of quaternary nitrogens is 1. The van der Waals surface area contributed by atoms with E-state index in [1.54, 1.807) is 31.3 Å². The van der Waals surface area contributed by atoms with Crippen molar-refractivity contribution in [2.45, 2.75) is 18.9 Å². The zero-order valence-corrected chi connectivity index (χ0v) is 15.9. The van der Waals surface area contributed by atoms with Gasteiger partial charge in [-0.3, -0.25) is 4.79 Å². The summed E-state index contributed by atoms with van der Waals surface area (Å²) in [6, 6.07) is 6.82. The Balaban J connectivity index is 1.85. The van der Waals surface area contributed by atoms with Crippen molar-refractivity contribution >= 4 is 15.9 Å². The average molecular weight is 370 g/mol. The number of sulfonamides is 1. The quantitative estimate of drug-likeness (QED) is 0.669. The van der Waals surface area contributed by atoms with Gasteiger partial charge >= 0.3 is 0 Å². The first-order valence-corrected chi connectivity index (χ1v) is 10.1.